The Morgan fingerprint density at radius 1 is 1.35 bits per heavy atom. The summed E-state index contributed by atoms with van der Waals surface area (Å²) in [7, 11) is 0. The lowest BCUT2D eigenvalue weighted by molar-refractivity contribution is -0.123. The van der Waals surface area contributed by atoms with Crippen molar-refractivity contribution >= 4 is 11.9 Å². The predicted molar refractivity (Wildman–Crippen MR) is 82.1 cm³/mol. The highest BCUT2D eigenvalue weighted by atomic mass is 19.1. The molecule has 7 nitrogen and oxygen atoms in total. The fourth-order valence-electron chi connectivity index (χ4n) is 2.39. The van der Waals surface area contributed by atoms with Crippen LogP contribution in [0.25, 0.3) is 0 Å². The number of aromatic nitrogens is 3. The quantitative estimate of drug-likeness (QED) is 0.833. The smallest absolute Gasteiger partial charge is 0.239 e. The van der Waals surface area contributed by atoms with Gasteiger partial charge < -0.3 is 15.5 Å². The number of rotatable bonds is 4. The lowest BCUT2D eigenvalue weighted by Crippen LogP contribution is -2.57. The first-order chi connectivity index (χ1) is 11.2. The zero-order valence-corrected chi connectivity index (χ0v) is 12.4. The van der Waals surface area contributed by atoms with Gasteiger partial charge in [0.2, 0.25) is 11.9 Å². The summed E-state index contributed by atoms with van der Waals surface area (Å²) >= 11 is 0. The van der Waals surface area contributed by atoms with Gasteiger partial charge in [0.05, 0.1) is 12.4 Å². The normalized spacial score (nSPS) is 17.8. The van der Waals surface area contributed by atoms with E-state index < -0.39 is 5.82 Å². The van der Waals surface area contributed by atoms with Crippen LogP contribution in [-0.2, 0) is 11.3 Å². The number of halogens is 1. The minimum atomic E-state index is -0.476. The van der Waals surface area contributed by atoms with Crippen LogP contribution < -0.4 is 15.5 Å². The molecule has 1 aliphatic rings. The Bertz CT molecular complexity index is 651. The number of hydrogen-bond acceptors (Lipinski definition) is 6. The first-order valence-corrected chi connectivity index (χ1v) is 7.35. The van der Waals surface area contributed by atoms with Crippen molar-refractivity contribution in [1.82, 2.24) is 25.6 Å². The van der Waals surface area contributed by atoms with Crippen LogP contribution in [0.2, 0.25) is 0 Å². The summed E-state index contributed by atoms with van der Waals surface area (Å²) in [6, 6.07) is 3.35. The Balaban J connectivity index is 1.57. The second-order valence-electron chi connectivity index (χ2n) is 5.23. The molecule has 23 heavy (non-hydrogen) atoms. The molecule has 1 atom stereocenters. The molecule has 1 aliphatic heterocycles. The van der Waals surface area contributed by atoms with Gasteiger partial charge in [-0.1, -0.05) is 0 Å². The number of carbonyl (C=O) groups is 1. The summed E-state index contributed by atoms with van der Waals surface area (Å²) in [5.41, 5.74) is 0.989. The molecule has 0 aliphatic carbocycles. The van der Waals surface area contributed by atoms with Crippen molar-refractivity contribution < 1.29 is 9.18 Å². The molecule has 120 valence electrons. The van der Waals surface area contributed by atoms with E-state index in [1.165, 1.54) is 0 Å². The maximum Gasteiger partial charge on any atom is 0.239 e. The van der Waals surface area contributed by atoms with E-state index in [4.69, 9.17) is 0 Å². The number of pyridine rings is 1. The molecule has 0 saturated carbocycles. The van der Waals surface area contributed by atoms with Crippen molar-refractivity contribution in [3.8, 4) is 0 Å². The largest absolute Gasteiger partial charge is 0.351 e. The second kappa shape index (κ2) is 7.10. The van der Waals surface area contributed by atoms with Crippen LogP contribution in [0, 0.1) is 5.82 Å². The molecule has 0 bridgehead atoms. The summed E-state index contributed by atoms with van der Waals surface area (Å²) < 4.78 is 12.9. The highest BCUT2D eigenvalue weighted by molar-refractivity contribution is 5.82. The number of piperazine rings is 1. The number of anilines is 1. The molecule has 1 unspecified atom stereocenters. The molecule has 1 fully saturated rings. The summed E-state index contributed by atoms with van der Waals surface area (Å²) in [6.45, 7) is 2.19. The van der Waals surface area contributed by atoms with Gasteiger partial charge in [-0.15, -0.1) is 0 Å². The van der Waals surface area contributed by atoms with Gasteiger partial charge in [-0.25, -0.2) is 14.4 Å². The predicted octanol–water partition coefficient (Wildman–Crippen LogP) is 0.105. The van der Waals surface area contributed by atoms with Crippen LogP contribution in [-0.4, -0.2) is 46.5 Å². The lowest BCUT2D eigenvalue weighted by atomic mass is 10.2. The van der Waals surface area contributed by atoms with E-state index >= 15 is 0 Å². The third kappa shape index (κ3) is 3.98. The zero-order valence-electron chi connectivity index (χ0n) is 12.4. The Morgan fingerprint density at radius 2 is 2.09 bits per heavy atom. The topological polar surface area (TPSA) is 83.0 Å². The average molecular weight is 316 g/mol. The van der Waals surface area contributed by atoms with Crippen LogP contribution in [0.1, 0.15) is 5.56 Å². The monoisotopic (exact) mass is 316 g/mol. The molecule has 0 aromatic carbocycles. The number of nitrogens with one attached hydrogen (secondary N) is 2. The van der Waals surface area contributed by atoms with Gasteiger partial charge in [-0.2, -0.15) is 0 Å². The molecule has 1 amide bonds. The summed E-state index contributed by atoms with van der Waals surface area (Å²) in [5, 5.41) is 6.06. The number of amides is 1. The molecule has 1 saturated heterocycles. The summed E-state index contributed by atoms with van der Waals surface area (Å²) in [5.74, 6) is -0.135. The fraction of sp³-hybridized carbons (Fsp3) is 0.333. The summed E-state index contributed by atoms with van der Waals surface area (Å²) in [6.07, 6.45) is 5.63. The number of nitrogens with zero attached hydrogens (tertiary/aromatic N) is 4. The molecule has 8 heteroatoms. The molecule has 0 radical (unpaired) electrons. The van der Waals surface area contributed by atoms with Crippen molar-refractivity contribution in [2.24, 2.45) is 0 Å². The Labute approximate surface area is 133 Å². The van der Waals surface area contributed by atoms with E-state index in [0.717, 1.165) is 18.0 Å². The highest BCUT2D eigenvalue weighted by Crippen LogP contribution is 2.10. The van der Waals surface area contributed by atoms with Gasteiger partial charge >= 0.3 is 0 Å². The Morgan fingerprint density at radius 3 is 2.83 bits per heavy atom. The molecule has 2 N–H and O–H groups in total. The molecule has 0 spiro atoms. The van der Waals surface area contributed by atoms with Crippen molar-refractivity contribution in [3.05, 3.63) is 48.3 Å². The standard InChI is InChI=1S/C15H17FN6O/c16-12-8-20-15(21-9-12)22-6-5-18-13(10-22)14(23)19-7-11-1-3-17-4-2-11/h1-4,8-9,13,18H,5-7,10H2,(H,19,23). The van der Waals surface area contributed by atoms with Gasteiger partial charge in [0.15, 0.2) is 5.82 Å². The number of carbonyl (C=O) groups excluding carboxylic acids is 1. The van der Waals surface area contributed by atoms with E-state index in [9.17, 15) is 9.18 Å². The van der Waals surface area contributed by atoms with Crippen LogP contribution >= 0.6 is 0 Å². The number of hydrogen-bond donors (Lipinski definition) is 2. The van der Waals surface area contributed by atoms with Crippen molar-refractivity contribution in [2.45, 2.75) is 12.6 Å². The van der Waals surface area contributed by atoms with Gasteiger partial charge in [0, 0.05) is 38.6 Å². The van der Waals surface area contributed by atoms with Crippen LogP contribution in [0.4, 0.5) is 10.3 Å². The molecule has 2 aromatic heterocycles. The van der Waals surface area contributed by atoms with Gasteiger partial charge in [0.25, 0.3) is 0 Å². The highest BCUT2D eigenvalue weighted by Gasteiger charge is 2.26. The maximum absolute atomic E-state index is 12.9. The molecule has 3 rings (SSSR count). The first kappa shape index (κ1) is 15.3. The minimum Gasteiger partial charge on any atom is -0.351 e. The van der Waals surface area contributed by atoms with Crippen LogP contribution in [0.3, 0.4) is 0 Å². The van der Waals surface area contributed by atoms with Crippen LogP contribution in [0.5, 0.6) is 0 Å². The zero-order chi connectivity index (χ0) is 16.1. The second-order valence-corrected chi connectivity index (χ2v) is 5.23. The third-order valence-electron chi connectivity index (χ3n) is 3.60. The molecule has 2 aromatic rings. The van der Waals surface area contributed by atoms with E-state index in [-0.39, 0.29) is 11.9 Å². The first-order valence-electron chi connectivity index (χ1n) is 7.35. The Hall–Kier alpha value is -2.61. The summed E-state index contributed by atoms with van der Waals surface area (Å²) in [4.78, 5) is 26.0. The van der Waals surface area contributed by atoms with Crippen LogP contribution in [0.15, 0.2) is 36.9 Å². The van der Waals surface area contributed by atoms with Crippen molar-refractivity contribution in [2.75, 3.05) is 24.5 Å². The fourth-order valence-corrected chi connectivity index (χ4v) is 2.39. The molecule has 3 heterocycles. The van der Waals surface area contributed by atoms with E-state index in [1.807, 2.05) is 17.0 Å². The average Bonchev–Trinajstić information content (AvgIpc) is 2.61. The van der Waals surface area contributed by atoms with Gasteiger partial charge in [0.1, 0.15) is 6.04 Å². The van der Waals surface area contributed by atoms with Crippen molar-refractivity contribution in [1.29, 1.82) is 0 Å². The SMILES string of the molecule is O=C(NCc1ccncc1)C1CN(c2ncc(F)cn2)CCN1. The maximum atomic E-state index is 12.9. The van der Waals surface area contributed by atoms with E-state index in [0.29, 0.717) is 32.1 Å². The van der Waals surface area contributed by atoms with Gasteiger partial charge in [-0.3, -0.25) is 9.78 Å². The van der Waals surface area contributed by atoms with E-state index in [1.54, 1.807) is 12.4 Å². The minimum absolute atomic E-state index is 0.0892. The van der Waals surface area contributed by atoms with Crippen molar-refractivity contribution in [3.63, 3.8) is 0 Å². The molecular formula is C15H17FN6O. The lowest BCUT2D eigenvalue weighted by Gasteiger charge is -2.32. The Kier molecular flexibility index (Phi) is 4.72. The van der Waals surface area contributed by atoms with Gasteiger partial charge in [-0.05, 0) is 17.7 Å². The molecular weight excluding hydrogens is 299 g/mol. The third-order valence-corrected chi connectivity index (χ3v) is 3.60. The van der Waals surface area contributed by atoms with E-state index in [2.05, 4.69) is 25.6 Å².